The monoisotopic (exact) mass is 346 g/mol. The molecule has 0 aliphatic carbocycles. The first-order valence-corrected chi connectivity index (χ1v) is 7.62. The number of benzene rings is 1. The molecule has 2 aromatic heterocycles. The summed E-state index contributed by atoms with van der Waals surface area (Å²) in [7, 11) is 0. The van der Waals surface area contributed by atoms with E-state index in [2.05, 4.69) is 15.6 Å². The maximum absolute atomic E-state index is 12.3. The maximum Gasteiger partial charge on any atom is 0.273 e. The normalized spacial score (nSPS) is 12.1. The number of amides is 1. The molecule has 0 saturated carbocycles. The molecule has 1 atom stereocenters. The number of halogens is 1. The van der Waals surface area contributed by atoms with Gasteiger partial charge in [0.15, 0.2) is 5.69 Å². The van der Waals surface area contributed by atoms with Crippen LogP contribution in [0.3, 0.4) is 0 Å². The fraction of sp³-hybridized carbons (Fsp3) is 0.188. The van der Waals surface area contributed by atoms with Gasteiger partial charge in [0.2, 0.25) is 0 Å². The Bertz CT molecular complexity index is 845. The van der Waals surface area contributed by atoms with Crippen molar-refractivity contribution in [1.82, 2.24) is 20.3 Å². The van der Waals surface area contributed by atoms with Crippen molar-refractivity contribution >= 4 is 17.5 Å². The van der Waals surface area contributed by atoms with Gasteiger partial charge in [0.05, 0.1) is 29.2 Å². The zero-order valence-corrected chi connectivity index (χ0v) is 13.6. The number of rotatable bonds is 5. The van der Waals surface area contributed by atoms with Crippen molar-refractivity contribution in [2.45, 2.75) is 13.0 Å². The molecule has 1 unspecified atom stereocenters. The van der Waals surface area contributed by atoms with Crippen molar-refractivity contribution in [1.29, 1.82) is 0 Å². The van der Waals surface area contributed by atoms with E-state index in [4.69, 9.17) is 16.0 Å². The predicted octanol–water partition coefficient (Wildman–Crippen LogP) is 2.29. The zero-order chi connectivity index (χ0) is 17.1. The number of furan rings is 1. The van der Waals surface area contributed by atoms with Crippen LogP contribution in [0.2, 0.25) is 5.02 Å². The molecule has 0 aliphatic rings. The standard InChI is InChI=1S/C16H15ClN4O3/c1-10-15(16(23)18-9-13(22)14-7-4-8-24-14)19-20-21(10)12-6-3-2-5-11(12)17/h2-8,13,22H,9H2,1H3,(H,18,23). The first kappa shape index (κ1) is 16.2. The first-order valence-electron chi connectivity index (χ1n) is 7.25. The van der Waals surface area contributed by atoms with Gasteiger partial charge in [-0.05, 0) is 31.2 Å². The lowest BCUT2D eigenvalue weighted by Gasteiger charge is -2.09. The molecule has 24 heavy (non-hydrogen) atoms. The van der Waals surface area contributed by atoms with E-state index >= 15 is 0 Å². The minimum Gasteiger partial charge on any atom is -0.467 e. The lowest BCUT2D eigenvalue weighted by molar-refractivity contribution is 0.0895. The van der Waals surface area contributed by atoms with Gasteiger partial charge in [-0.2, -0.15) is 0 Å². The van der Waals surface area contributed by atoms with Gasteiger partial charge in [-0.25, -0.2) is 4.68 Å². The summed E-state index contributed by atoms with van der Waals surface area (Å²) in [6.45, 7) is 1.73. The molecule has 0 saturated heterocycles. The maximum atomic E-state index is 12.3. The number of para-hydroxylation sites is 1. The molecule has 3 rings (SSSR count). The van der Waals surface area contributed by atoms with Crippen LogP contribution in [-0.2, 0) is 0 Å². The van der Waals surface area contributed by atoms with Crippen molar-refractivity contribution < 1.29 is 14.3 Å². The summed E-state index contributed by atoms with van der Waals surface area (Å²) in [5.41, 5.74) is 1.36. The highest BCUT2D eigenvalue weighted by Gasteiger charge is 2.20. The van der Waals surface area contributed by atoms with Gasteiger partial charge in [0, 0.05) is 0 Å². The summed E-state index contributed by atoms with van der Waals surface area (Å²) in [6.07, 6.45) is 0.530. The number of aromatic nitrogens is 3. The molecule has 2 heterocycles. The highest BCUT2D eigenvalue weighted by atomic mass is 35.5. The highest BCUT2D eigenvalue weighted by Crippen LogP contribution is 2.21. The molecule has 1 aromatic carbocycles. The molecule has 0 radical (unpaired) electrons. The quantitative estimate of drug-likeness (QED) is 0.739. The van der Waals surface area contributed by atoms with Crippen LogP contribution in [-0.4, -0.2) is 32.6 Å². The van der Waals surface area contributed by atoms with Crippen LogP contribution in [0.5, 0.6) is 0 Å². The summed E-state index contributed by atoms with van der Waals surface area (Å²) < 4.78 is 6.58. The smallest absolute Gasteiger partial charge is 0.273 e. The summed E-state index contributed by atoms with van der Waals surface area (Å²) in [5, 5.41) is 20.9. The van der Waals surface area contributed by atoms with Gasteiger partial charge in [-0.1, -0.05) is 28.9 Å². The second-order valence-electron chi connectivity index (χ2n) is 5.13. The van der Waals surface area contributed by atoms with Crippen LogP contribution >= 0.6 is 11.6 Å². The van der Waals surface area contributed by atoms with E-state index in [-0.39, 0.29) is 12.2 Å². The third-order valence-corrected chi connectivity index (χ3v) is 3.84. The second-order valence-corrected chi connectivity index (χ2v) is 5.54. The number of nitrogens with one attached hydrogen (secondary N) is 1. The van der Waals surface area contributed by atoms with Gasteiger partial charge in [0.25, 0.3) is 5.91 Å². The Morgan fingerprint density at radius 2 is 2.17 bits per heavy atom. The molecule has 0 bridgehead atoms. The van der Waals surface area contributed by atoms with Crippen LogP contribution in [0.25, 0.3) is 5.69 Å². The lowest BCUT2D eigenvalue weighted by Crippen LogP contribution is -2.29. The molecule has 3 aromatic rings. The zero-order valence-electron chi connectivity index (χ0n) is 12.8. The van der Waals surface area contributed by atoms with E-state index in [9.17, 15) is 9.90 Å². The molecule has 124 valence electrons. The number of aliphatic hydroxyl groups excluding tert-OH is 1. The van der Waals surface area contributed by atoms with E-state index in [1.165, 1.54) is 10.9 Å². The largest absolute Gasteiger partial charge is 0.467 e. The van der Waals surface area contributed by atoms with Gasteiger partial charge in [-0.3, -0.25) is 4.79 Å². The van der Waals surface area contributed by atoms with E-state index in [1.54, 1.807) is 31.2 Å². The number of aliphatic hydroxyl groups is 1. The van der Waals surface area contributed by atoms with Gasteiger partial charge < -0.3 is 14.8 Å². The summed E-state index contributed by atoms with van der Waals surface area (Å²) in [5.74, 6) is -0.0526. The molecular formula is C16H15ClN4O3. The summed E-state index contributed by atoms with van der Waals surface area (Å²) >= 11 is 6.15. The molecular weight excluding hydrogens is 332 g/mol. The Hall–Kier alpha value is -2.64. The number of nitrogens with zero attached hydrogens (tertiary/aromatic N) is 3. The fourth-order valence-corrected chi connectivity index (χ4v) is 2.46. The van der Waals surface area contributed by atoms with Crippen LogP contribution in [0.15, 0.2) is 47.1 Å². The third-order valence-electron chi connectivity index (χ3n) is 3.52. The predicted molar refractivity (Wildman–Crippen MR) is 87.1 cm³/mol. The van der Waals surface area contributed by atoms with Crippen molar-refractivity contribution in [3.05, 3.63) is 64.8 Å². The minimum atomic E-state index is -0.928. The highest BCUT2D eigenvalue weighted by molar-refractivity contribution is 6.32. The minimum absolute atomic E-state index is 0.00470. The molecule has 0 aliphatic heterocycles. The lowest BCUT2D eigenvalue weighted by atomic mass is 10.2. The van der Waals surface area contributed by atoms with Crippen molar-refractivity contribution in [2.24, 2.45) is 0 Å². The SMILES string of the molecule is Cc1c(C(=O)NCC(O)c2ccco2)nnn1-c1ccccc1Cl. The van der Waals surface area contributed by atoms with Gasteiger partial charge >= 0.3 is 0 Å². The van der Waals surface area contributed by atoms with Crippen LogP contribution in [0, 0.1) is 6.92 Å². The molecule has 1 amide bonds. The van der Waals surface area contributed by atoms with E-state index in [0.717, 1.165) is 0 Å². The Morgan fingerprint density at radius 3 is 2.88 bits per heavy atom. The first-order chi connectivity index (χ1) is 11.6. The van der Waals surface area contributed by atoms with Crippen molar-refractivity contribution in [3.8, 4) is 5.69 Å². The number of hydrogen-bond acceptors (Lipinski definition) is 5. The average molecular weight is 347 g/mol. The number of hydrogen-bond donors (Lipinski definition) is 2. The van der Waals surface area contributed by atoms with Crippen molar-refractivity contribution in [3.63, 3.8) is 0 Å². The molecule has 2 N–H and O–H groups in total. The van der Waals surface area contributed by atoms with E-state index in [1.807, 2.05) is 12.1 Å². The molecule has 0 fully saturated rings. The average Bonchev–Trinajstić information content (AvgIpc) is 3.23. The summed E-state index contributed by atoms with van der Waals surface area (Å²) in [6, 6.07) is 10.4. The number of carbonyl (C=O) groups excluding carboxylic acids is 1. The molecule has 8 heteroatoms. The van der Waals surface area contributed by atoms with Crippen LogP contribution in [0.1, 0.15) is 28.0 Å². The summed E-state index contributed by atoms with van der Waals surface area (Å²) in [4.78, 5) is 12.3. The van der Waals surface area contributed by atoms with E-state index < -0.39 is 12.0 Å². The van der Waals surface area contributed by atoms with Crippen molar-refractivity contribution in [2.75, 3.05) is 6.54 Å². The van der Waals surface area contributed by atoms with Gasteiger partial charge in [0.1, 0.15) is 11.9 Å². The molecule has 7 nitrogen and oxygen atoms in total. The fourth-order valence-electron chi connectivity index (χ4n) is 2.25. The Morgan fingerprint density at radius 1 is 1.38 bits per heavy atom. The Kier molecular flexibility index (Phi) is 4.64. The second kappa shape index (κ2) is 6.86. The Balaban J connectivity index is 1.74. The van der Waals surface area contributed by atoms with Crippen LogP contribution in [0.4, 0.5) is 0 Å². The third kappa shape index (κ3) is 3.17. The van der Waals surface area contributed by atoms with Gasteiger partial charge in [-0.15, -0.1) is 5.10 Å². The molecule has 0 spiro atoms. The number of carbonyl (C=O) groups is 1. The van der Waals surface area contributed by atoms with E-state index in [0.29, 0.717) is 22.2 Å². The Labute approximate surface area is 142 Å². The van der Waals surface area contributed by atoms with Crippen LogP contribution < -0.4 is 5.32 Å². The topological polar surface area (TPSA) is 93.2 Å².